The van der Waals surface area contributed by atoms with E-state index >= 15 is 0 Å². The van der Waals surface area contributed by atoms with Gasteiger partial charge in [-0.3, -0.25) is 0 Å². The summed E-state index contributed by atoms with van der Waals surface area (Å²) < 4.78 is 16.6. The van der Waals surface area contributed by atoms with Crippen LogP contribution in [0.1, 0.15) is 41.2 Å². The lowest BCUT2D eigenvalue weighted by molar-refractivity contribution is 0.509. The van der Waals surface area contributed by atoms with Gasteiger partial charge in [0.15, 0.2) is 0 Å². The predicted octanol–water partition coefficient (Wildman–Crippen LogP) is 4.89. The van der Waals surface area contributed by atoms with Crippen molar-refractivity contribution in [2.24, 2.45) is 13.0 Å². The summed E-state index contributed by atoms with van der Waals surface area (Å²) in [4.78, 5) is 16.0. The Hall–Kier alpha value is -2.80. The molecule has 0 fully saturated rings. The molecule has 2 atom stereocenters. The molecule has 29 heavy (non-hydrogen) atoms. The highest BCUT2D eigenvalue weighted by Gasteiger charge is 2.26. The quantitative estimate of drug-likeness (QED) is 0.523. The third kappa shape index (κ3) is 3.19. The van der Waals surface area contributed by atoms with E-state index in [1.807, 2.05) is 23.9 Å². The third-order valence-electron chi connectivity index (χ3n) is 5.71. The zero-order valence-corrected chi connectivity index (χ0v) is 17.2. The summed E-state index contributed by atoms with van der Waals surface area (Å²) >= 11 is 1.76. The highest BCUT2D eigenvalue weighted by molar-refractivity contribution is 7.19. The van der Waals surface area contributed by atoms with Crippen LogP contribution >= 0.6 is 11.3 Å². The maximum Gasteiger partial charge on any atom is 0.139 e. The Balaban J connectivity index is 1.64. The van der Waals surface area contributed by atoms with Crippen LogP contribution in [0.5, 0.6) is 0 Å². The van der Waals surface area contributed by atoms with E-state index in [2.05, 4.69) is 27.2 Å². The molecule has 1 aromatic carbocycles. The molecule has 0 aliphatic heterocycles. The first-order chi connectivity index (χ1) is 14.1. The number of aryl methyl sites for hydroxylation is 2. The van der Waals surface area contributed by atoms with Gasteiger partial charge in [0.1, 0.15) is 34.7 Å². The van der Waals surface area contributed by atoms with E-state index in [9.17, 15) is 4.39 Å². The molecule has 0 unspecified atom stereocenters. The van der Waals surface area contributed by atoms with Crippen LogP contribution in [0.25, 0.3) is 10.2 Å². The second kappa shape index (κ2) is 7.22. The Morgan fingerprint density at radius 3 is 2.90 bits per heavy atom. The standard InChI is InChI=1S/C22H22FN5S/c1-13-7-8-15-17(11-13)29-22-18(15)20(25-12-26-22)27-19(21-24-9-10-28(21)2)14-5-3-4-6-16(14)23/h3-6,9-10,12-13,19H,7-8,11H2,1-2H3,(H,25,26,27)/t13-,19-/m0/s1. The van der Waals surface area contributed by atoms with Crippen LogP contribution in [0, 0.1) is 11.7 Å². The number of nitrogens with one attached hydrogen (secondary N) is 1. The minimum atomic E-state index is -0.452. The van der Waals surface area contributed by atoms with E-state index in [4.69, 9.17) is 0 Å². The van der Waals surface area contributed by atoms with Crippen molar-refractivity contribution < 1.29 is 4.39 Å². The number of fused-ring (bicyclic) bond motifs is 3. The average Bonchev–Trinajstić information content (AvgIpc) is 3.29. The molecule has 0 bridgehead atoms. The van der Waals surface area contributed by atoms with Gasteiger partial charge < -0.3 is 9.88 Å². The molecule has 0 saturated carbocycles. The number of hydrogen-bond acceptors (Lipinski definition) is 5. The molecule has 5 nitrogen and oxygen atoms in total. The first-order valence-electron chi connectivity index (χ1n) is 9.85. The van der Waals surface area contributed by atoms with Crippen molar-refractivity contribution in [1.29, 1.82) is 0 Å². The van der Waals surface area contributed by atoms with E-state index in [0.29, 0.717) is 11.5 Å². The number of aromatic nitrogens is 4. The van der Waals surface area contributed by atoms with Gasteiger partial charge in [-0.2, -0.15) is 0 Å². The zero-order valence-electron chi connectivity index (χ0n) is 16.4. The lowest BCUT2D eigenvalue weighted by Crippen LogP contribution is -2.19. The summed E-state index contributed by atoms with van der Waals surface area (Å²) in [6, 6.07) is 6.38. The Bertz CT molecular complexity index is 1180. The predicted molar refractivity (Wildman–Crippen MR) is 114 cm³/mol. The van der Waals surface area contributed by atoms with Crippen molar-refractivity contribution in [2.45, 2.75) is 32.2 Å². The summed E-state index contributed by atoms with van der Waals surface area (Å²) in [5, 5.41) is 4.58. The molecule has 0 saturated heterocycles. The second-order valence-corrected chi connectivity index (χ2v) is 8.83. The fourth-order valence-corrected chi connectivity index (χ4v) is 5.52. The molecule has 3 aromatic heterocycles. The number of anilines is 1. The van der Waals surface area contributed by atoms with Crippen LogP contribution in [0.4, 0.5) is 10.2 Å². The Morgan fingerprint density at radius 2 is 2.10 bits per heavy atom. The molecule has 7 heteroatoms. The smallest absolute Gasteiger partial charge is 0.139 e. The summed E-state index contributed by atoms with van der Waals surface area (Å²) in [6.07, 6.45) is 8.48. The molecule has 3 heterocycles. The lowest BCUT2D eigenvalue weighted by Gasteiger charge is -2.22. The van der Waals surface area contributed by atoms with Crippen LogP contribution in [0.2, 0.25) is 0 Å². The fraction of sp³-hybridized carbons (Fsp3) is 0.318. The van der Waals surface area contributed by atoms with Gasteiger partial charge in [-0.25, -0.2) is 19.3 Å². The third-order valence-corrected chi connectivity index (χ3v) is 6.87. The van der Waals surface area contributed by atoms with Gasteiger partial charge in [-0.15, -0.1) is 11.3 Å². The van der Waals surface area contributed by atoms with Crippen LogP contribution in [0.15, 0.2) is 43.0 Å². The first-order valence-corrected chi connectivity index (χ1v) is 10.7. The highest BCUT2D eigenvalue weighted by atomic mass is 32.1. The van der Waals surface area contributed by atoms with Crippen molar-refractivity contribution in [3.8, 4) is 0 Å². The van der Waals surface area contributed by atoms with Crippen molar-refractivity contribution in [3.63, 3.8) is 0 Å². The van der Waals surface area contributed by atoms with Crippen molar-refractivity contribution in [3.05, 3.63) is 70.6 Å². The number of nitrogens with zero attached hydrogens (tertiary/aromatic N) is 4. The first kappa shape index (κ1) is 18.2. The summed E-state index contributed by atoms with van der Waals surface area (Å²) in [5.41, 5.74) is 1.89. The maximum absolute atomic E-state index is 14.7. The molecular formula is C22H22FN5S. The normalized spacial score (nSPS) is 17.3. The Kier molecular flexibility index (Phi) is 4.54. The Labute approximate surface area is 172 Å². The molecule has 1 aliphatic rings. The molecule has 148 valence electrons. The van der Waals surface area contributed by atoms with Gasteiger partial charge >= 0.3 is 0 Å². The average molecular weight is 408 g/mol. The lowest BCUT2D eigenvalue weighted by atomic mass is 9.89. The van der Waals surface area contributed by atoms with Gasteiger partial charge in [-0.1, -0.05) is 25.1 Å². The molecule has 0 radical (unpaired) electrons. The van der Waals surface area contributed by atoms with Crippen molar-refractivity contribution in [2.75, 3.05) is 5.32 Å². The summed E-state index contributed by atoms with van der Waals surface area (Å²) in [7, 11) is 1.92. The largest absolute Gasteiger partial charge is 0.355 e. The Morgan fingerprint density at radius 1 is 1.24 bits per heavy atom. The zero-order chi connectivity index (χ0) is 20.0. The monoisotopic (exact) mass is 407 g/mol. The number of thiophene rings is 1. The van der Waals surface area contributed by atoms with Gasteiger partial charge in [0.25, 0.3) is 0 Å². The van der Waals surface area contributed by atoms with Crippen LogP contribution in [0.3, 0.4) is 0 Å². The number of imidazole rings is 1. The molecular weight excluding hydrogens is 385 g/mol. The van der Waals surface area contributed by atoms with Gasteiger partial charge in [-0.05, 0) is 36.8 Å². The molecule has 1 N–H and O–H groups in total. The van der Waals surface area contributed by atoms with Crippen LogP contribution in [-0.2, 0) is 19.9 Å². The highest BCUT2D eigenvalue weighted by Crippen LogP contribution is 2.40. The number of rotatable bonds is 4. The molecule has 0 amide bonds. The van der Waals surface area contributed by atoms with Crippen LogP contribution in [-0.4, -0.2) is 19.5 Å². The van der Waals surface area contributed by atoms with E-state index in [-0.39, 0.29) is 5.82 Å². The van der Waals surface area contributed by atoms with Crippen molar-refractivity contribution in [1.82, 2.24) is 19.5 Å². The topological polar surface area (TPSA) is 55.6 Å². The van der Waals surface area contributed by atoms with Gasteiger partial charge in [0.05, 0.1) is 5.39 Å². The maximum atomic E-state index is 14.7. The van der Waals surface area contributed by atoms with Crippen LogP contribution < -0.4 is 5.32 Å². The molecule has 1 aliphatic carbocycles. The molecule has 5 rings (SSSR count). The number of benzene rings is 1. The van der Waals surface area contributed by atoms with E-state index < -0.39 is 6.04 Å². The van der Waals surface area contributed by atoms with Gasteiger partial charge in [0.2, 0.25) is 0 Å². The molecule has 4 aromatic rings. The van der Waals surface area contributed by atoms with E-state index in [1.54, 1.807) is 36.0 Å². The summed E-state index contributed by atoms with van der Waals surface area (Å²) in [5.74, 6) is 1.91. The van der Waals surface area contributed by atoms with E-state index in [0.717, 1.165) is 34.7 Å². The molecule has 0 spiro atoms. The minimum absolute atomic E-state index is 0.264. The van der Waals surface area contributed by atoms with E-state index in [1.165, 1.54) is 22.9 Å². The van der Waals surface area contributed by atoms with Crippen molar-refractivity contribution >= 4 is 27.4 Å². The number of halogens is 1. The fourth-order valence-electron chi connectivity index (χ4n) is 4.17. The second-order valence-electron chi connectivity index (χ2n) is 7.75. The SMILES string of the molecule is C[C@H]1CCc2c(sc3ncnc(N[C@@H](c4ccccc4F)c4nccn4C)c23)C1. The van der Waals surface area contributed by atoms with Gasteiger partial charge in [0, 0.05) is 29.9 Å². The number of hydrogen-bond donors (Lipinski definition) is 1. The summed E-state index contributed by atoms with van der Waals surface area (Å²) in [6.45, 7) is 2.30. The minimum Gasteiger partial charge on any atom is -0.355 e.